The normalized spacial score (nSPS) is 26.6. The van der Waals surface area contributed by atoms with Gasteiger partial charge in [-0.05, 0) is 45.8 Å². The summed E-state index contributed by atoms with van der Waals surface area (Å²) >= 11 is 0. The minimum atomic E-state index is -0.688. The third kappa shape index (κ3) is 4.52. The topological polar surface area (TPSA) is 46.3 Å². The molecule has 0 aliphatic carbocycles. The third-order valence-electron chi connectivity index (χ3n) is 3.60. The number of piperidine rings is 1. The Kier molecular flexibility index (Phi) is 6.54. The summed E-state index contributed by atoms with van der Waals surface area (Å²) in [4.78, 5) is 2.42. The van der Waals surface area contributed by atoms with Gasteiger partial charge >= 0.3 is 0 Å². The van der Waals surface area contributed by atoms with Gasteiger partial charge in [0.25, 0.3) is 0 Å². The molecule has 0 aromatic rings. The van der Waals surface area contributed by atoms with Crippen LogP contribution >= 0.6 is 0 Å². The summed E-state index contributed by atoms with van der Waals surface area (Å²) < 4.78 is 11.9. The molecule has 0 amide bonds. The van der Waals surface area contributed by atoms with Crippen molar-refractivity contribution in [3.05, 3.63) is 0 Å². The third-order valence-corrected chi connectivity index (χ3v) is 5.37. The molecule has 0 aromatic carbocycles. The van der Waals surface area contributed by atoms with E-state index in [1.165, 1.54) is 25.8 Å². The summed E-state index contributed by atoms with van der Waals surface area (Å²) in [5, 5.41) is 0.263. The van der Waals surface area contributed by atoms with Gasteiger partial charge in [-0.25, -0.2) is 0 Å². The van der Waals surface area contributed by atoms with Crippen LogP contribution in [-0.2, 0) is 10.8 Å². The number of nitrogens with zero attached hydrogens (tertiary/aromatic N) is 1. The van der Waals surface area contributed by atoms with Crippen molar-refractivity contribution in [2.75, 3.05) is 25.9 Å². The lowest BCUT2D eigenvalue weighted by atomic mass is 10.0. The zero-order valence-corrected chi connectivity index (χ0v) is 11.5. The summed E-state index contributed by atoms with van der Waals surface area (Å²) in [6.45, 7) is 3.90. The van der Waals surface area contributed by atoms with Crippen LogP contribution in [0.1, 0.15) is 39.0 Å². The van der Waals surface area contributed by atoms with Crippen molar-refractivity contribution in [1.29, 1.82) is 0 Å². The van der Waals surface area contributed by atoms with Crippen molar-refractivity contribution in [2.24, 2.45) is 5.73 Å². The Labute approximate surface area is 102 Å². The second-order valence-electron chi connectivity index (χ2n) is 4.89. The Morgan fingerprint density at radius 1 is 1.50 bits per heavy atom. The van der Waals surface area contributed by atoms with Crippen molar-refractivity contribution >= 4 is 10.8 Å². The highest BCUT2D eigenvalue weighted by atomic mass is 32.2. The maximum atomic E-state index is 11.9. The zero-order valence-electron chi connectivity index (χ0n) is 10.7. The van der Waals surface area contributed by atoms with Crippen LogP contribution in [0.3, 0.4) is 0 Å². The molecule has 3 unspecified atom stereocenters. The summed E-state index contributed by atoms with van der Waals surface area (Å²) in [7, 11) is 1.50. The molecular formula is C12H26N2OS. The van der Waals surface area contributed by atoms with Gasteiger partial charge in [-0.2, -0.15) is 0 Å². The highest BCUT2D eigenvalue weighted by Crippen LogP contribution is 2.18. The molecule has 1 aliphatic heterocycles. The van der Waals surface area contributed by atoms with E-state index in [1.807, 2.05) is 6.92 Å². The largest absolute Gasteiger partial charge is 0.330 e. The molecule has 3 nitrogen and oxygen atoms in total. The van der Waals surface area contributed by atoms with Crippen LogP contribution < -0.4 is 5.73 Å². The second-order valence-corrected chi connectivity index (χ2v) is 6.87. The first-order chi connectivity index (χ1) is 7.65. The van der Waals surface area contributed by atoms with E-state index in [4.69, 9.17) is 5.73 Å². The minimum absolute atomic E-state index is 0.263. The highest BCUT2D eigenvalue weighted by Gasteiger charge is 2.20. The fourth-order valence-corrected chi connectivity index (χ4v) is 3.63. The fourth-order valence-electron chi connectivity index (χ4n) is 2.33. The van der Waals surface area contributed by atoms with Crippen molar-refractivity contribution in [2.45, 2.75) is 50.3 Å². The van der Waals surface area contributed by atoms with E-state index in [0.717, 1.165) is 18.6 Å². The van der Waals surface area contributed by atoms with Crippen molar-refractivity contribution in [1.82, 2.24) is 4.90 Å². The Morgan fingerprint density at radius 2 is 2.25 bits per heavy atom. The number of hydrogen-bond donors (Lipinski definition) is 1. The molecule has 0 aromatic heterocycles. The monoisotopic (exact) mass is 246 g/mol. The first-order valence-corrected chi connectivity index (χ1v) is 7.81. The quantitative estimate of drug-likeness (QED) is 0.769. The molecule has 0 radical (unpaired) electrons. The molecule has 96 valence electrons. The lowest BCUT2D eigenvalue weighted by Crippen LogP contribution is -2.37. The first kappa shape index (κ1) is 14.1. The van der Waals surface area contributed by atoms with E-state index < -0.39 is 10.8 Å². The fraction of sp³-hybridized carbons (Fsp3) is 1.00. The van der Waals surface area contributed by atoms with Crippen molar-refractivity contribution in [3.63, 3.8) is 0 Å². The van der Waals surface area contributed by atoms with Gasteiger partial charge in [-0.1, -0.05) is 13.3 Å². The van der Waals surface area contributed by atoms with E-state index >= 15 is 0 Å². The molecule has 1 fully saturated rings. The van der Waals surface area contributed by atoms with E-state index in [2.05, 4.69) is 11.9 Å². The van der Waals surface area contributed by atoms with Crippen LogP contribution in [0.15, 0.2) is 0 Å². The van der Waals surface area contributed by atoms with Crippen LogP contribution in [0.2, 0.25) is 0 Å². The Balaban J connectivity index is 2.24. The van der Waals surface area contributed by atoms with Crippen LogP contribution in [0.25, 0.3) is 0 Å². The van der Waals surface area contributed by atoms with Crippen molar-refractivity contribution in [3.8, 4) is 0 Å². The van der Waals surface area contributed by atoms with Gasteiger partial charge in [0.15, 0.2) is 0 Å². The predicted molar refractivity (Wildman–Crippen MR) is 71.0 cm³/mol. The SMILES string of the molecule is CC(CCN)S(=O)CCC1CCCCN1C. The van der Waals surface area contributed by atoms with Crippen molar-refractivity contribution < 1.29 is 4.21 Å². The molecule has 0 saturated carbocycles. The molecule has 2 N–H and O–H groups in total. The molecule has 1 aliphatic rings. The molecule has 3 atom stereocenters. The Morgan fingerprint density at radius 3 is 2.88 bits per heavy atom. The molecule has 0 bridgehead atoms. The molecule has 0 spiro atoms. The van der Waals surface area contributed by atoms with Gasteiger partial charge in [0.2, 0.25) is 0 Å². The van der Waals surface area contributed by atoms with E-state index in [-0.39, 0.29) is 5.25 Å². The number of likely N-dealkylation sites (tertiary alicyclic amines) is 1. The van der Waals surface area contributed by atoms with E-state index in [0.29, 0.717) is 12.6 Å². The summed E-state index contributed by atoms with van der Waals surface area (Å²) in [6.07, 6.45) is 5.89. The molecule has 4 heteroatoms. The maximum Gasteiger partial charge on any atom is 0.0331 e. The van der Waals surface area contributed by atoms with Crippen LogP contribution in [0.4, 0.5) is 0 Å². The lowest BCUT2D eigenvalue weighted by Gasteiger charge is -2.32. The van der Waals surface area contributed by atoms with Gasteiger partial charge < -0.3 is 10.6 Å². The summed E-state index contributed by atoms with van der Waals surface area (Å²) in [6, 6.07) is 0.655. The first-order valence-electron chi connectivity index (χ1n) is 6.42. The maximum absolute atomic E-state index is 11.9. The number of nitrogens with two attached hydrogens (primary N) is 1. The van der Waals surface area contributed by atoms with Gasteiger partial charge in [0.1, 0.15) is 0 Å². The van der Waals surface area contributed by atoms with Gasteiger partial charge in [0, 0.05) is 27.8 Å². The van der Waals surface area contributed by atoms with Crippen LogP contribution in [0, 0.1) is 0 Å². The summed E-state index contributed by atoms with van der Waals surface area (Å²) in [5.41, 5.74) is 5.49. The predicted octanol–water partition coefficient (Wildman–Crippen LogP) is 1.35. The molecule has 1 saturated heterocycles. The van der Waals surface area contributed by atoms with Crippen LogP contribution in [-0.4, -0.2) is 46.3 Å². The minimum Gasteiger partial charge on any atom is -0.330 e. The Bertz CT molecular complexity index is 223. The molecular weight excluding hydrogens is 220 g/mol. The Hall–Kier alpha value is 0.0700. The smallest absolute Gasteiger partial charge is 0.0331 e. The molecule has 1 rings (SSSR count). The number of rotatable bonds is 6. The van der Waals surface area contributed by atoms with E-state index in [9.17, 15) is 4.21 Å². The lowest BCUT2D eigenvalue weighted by molar-refractivity contribution is 0.182. The summed E-state index contributed by atoms with van der Waals surface area (Å²) in [5.74, 6) is 0.843. The average Bonchev–Trinajstić information content (AvgIpc) is 2.28. The molecule has 16 heavy (non-hydrogen) atoms. The average molecular weight is 246 g/mol. The number of hydrogen-bond acceptors (Lipinski definition) is 3. The van der Waals surface area contributed by atoms with Gasteiger partial charge in [0.05, 0.1) is 0 Å². The highest BCUT2D eigenvalue weighted by molar-refractivity contribution is 7.85. The second kappa shape index (κ2) is 7.41. The van der Waals surface area contributed by atoms with Crippen LogP contribution in [0.5, 0.6) is 0 Å². The van der Waals surface area contributed by atoms with E-state index in [1.54, 1.807) is 0 Å². The standard InChI is InChI=1S/C12H26N2OS/c1-11(6-8-13)16(15)10-7-12-5-3-4-9-14(12)2/h11-12H,3-10,13H2,1-2H3. The van der Waals surface area contributed by atoms with Gasteiger partial charge in [-0.15, -0.1) is 0 Å². The zero-order chi connectivity index (χ0) is 12.0. The van der Waals surface area contributed by atoms with Gasteiger partial charge in [-0.3, -0.25) is 4.21 Å². The molecule has 1 heterocycles.